The third-order valence-electron chi connectivity index (χ3n) is 4.23. The number of nitrogens with zero attached hydrogens (tertiary/aromatic N) is 1. The molecule has 0 aliphatic heterocycles. The fourth-order valence-corrected chi connectivity index (χ4v) is 2.75. The minimum Gasteiger partial charge on any atom is -0.393 e. The minimum atomic E-state index is -0.185. The first-order valence-corrected chi connectivity index (χ1v) is 7.34. The molecule has 0 heterocycles. The fraction of sp³-hybridized carbons (Fsp3) is 0.625. The Kier molecular flexibility index (Phi) is 5.13. The predicted octanol–water partition coefficient (Wildman–Crippen LogP) is 2.23. The van der Waals surface area contributed by atoms with E-state index in [1.54, 1.807) is 19.1 Å². The van der Waals surface area contributed by atoms with Crippen molar-refractivity contribution in [3.8, 4) is 0 Å². The summed E-state index contributed by atoms with van der Waals surface area (Å²) >= 11 is 0. The predicted molar refractivity (Wildman–Crippen MR) is 78.9 cm³/mol. The zero-order valence-corrected chi connectivity index (χ0v) is 12.3. The zero-order chi connectivity index (χ0) is 14.7. The summed E-state index contributed by atoms with van der Waals surface area (Å²) in [6.45, 7) is 3.65. The van der Waals surface area contributed by atoms with Gasteiger partial charge in [-0.2, -0.15) is 0 Å². The molecular formula is C16H25FN2O. The van der Waals surface area contributed by atoms with Crippen LogP contribution in [0, 0.1) is 18.7 Å². The highest BCUT2D eigenvalue weighted by atomic mass is 19.1. The highest BCUT2D eigenvalue weighted by Crippen LogP contribution is 2.27. The lowest BCUT2D eigenvalue weighted by Crippen LogP contribution is -2.37. The Labute approximate surface area is 120 Å². The summed E-state index contributed by atoms with van der Waals surface area (Å²) < 4.78 is 13.5. The standard InChI is InChI=1S/C16H25FN2O/c1-11-3-4-13(9-15(11)17)16(18)5-6-19(2)10-12-7-14(20)8-12/h3-4,9,12,14,16,20H,5-8,10,18H2,1-2H3. The van der Waals surface area contributed by atoms with Gasteiger partial charge in [-0.3, -0.25) is 0 Å². The molecule has 0 aromatic heterocycles. The Bertz CT molecular complexity index is 446. The van der Waals surface area contributed by atoms with Crippen LogP contribution in [0.15, 0.2) is 18.2 Å². The van der Waals surface area contributed by atoms with Gasteiger partial charge in [0.15, 0.2) is 0 Å². The number of hydrogen-bond donors (Lipinski definition) is 2. The molecule has 0 amide bonds. The molecule has 0 saturated heterocycles. The smallest absolute Gasteiger partial charge is 0.126 e. The van der Waals surface area contributed by atoms with Crippen molar-refractivity contribution in [3.63, 3.8) is 0 Å². The van der Waals surface area contributed by atoms with Gasteiger partial charge in [0.05, 0.1) is 6.10 Å². The second kappa shape index (κ2) is 6.66. The van der Waals surface area contributed by atoms with Gasteiger partial charge in [-0.1, -0.05) is 12.1 Å². The van der Waals surface area contributed by atoms with Crippen molar-refractivity contribution in [2.45, 2.75) is 38.3 Å². The van der Waals surface area contributed by atoms with Gasteiger partial charge in [0.2, 0.25) is 0 Å². The van der Waals surface area contributed by atoms with Crippen molar-refractivity contribution in [2.24, 2.45) is 11.7 Å². The van der Waals surface area contributed by atoms with Gasteiger partial charge in [0.25, 0.3) is 0 Å². The van der Waals surface area contributed by atoms with Gasteiger partial charge in [-0.25, -0.2) is 4.39 Å². The molecule has 1 aromatic rings. The summed E-state index contributed by atoms with van der Waals surface area (Å²) in [5.41, 5.74) is 7.64. The molecule has 0 spiro atoms. The quantitative estimate of drug-likeness (QED) is 0.840. The normalized spacial score (nSPS) is 23.7. The van der Waals surface area contributed by atoms with Crippen molar-refractivity contribution >= 4 is 0 Å². The average molecular weight is 280 g/mol. The third kappa shape index (κ3) is 4.01. The molecule has 0 radical (unpaired) electrons. The molecule has 3 nitrogen and oxygen atoms in total. The van der Waals surface area contributed by atoms with E-state index in [9.17, 15) is 9.50 Å². The van der Waals surface area contributed by atoms with Gasteiger partial charge in [-0.15, -0.1) is 0 Å². The first-order valence-electron chi connectivity index (χ1n) is 7.34. The van der Waals surface area contributed by atoms with Crippen LogP contribution in [0.1, 0.15) is 36.4 Å². The summed E-state index contributed by atoms with van der Waals surface area (Å²) in [6.07, 6.45) is 2.55. The zero-order valence-electron chi connectivity index (χ0n) is 12.3. The molecular weight excluding hydrogens is 255 g/mol. The van der Waals surface area contributed by atoms with Crippen LogP contribution < -0.4 is 5.73 Å². The van der Waals surface area contributed by atoms with Crippen molar-refractivity contribution in [1.82, 2.24) is 4.90 Å². The number of aryl methyl sites for hydroxylation is 1. The third-order valence-corrected chi connectivity index (χ3v) is 4.23. The van der Waals surface area contributed by atoms with Crippen LogP contribution in [-0.4, -0.2) is 36.2 Å². The van der Waals surface area contributed by atoms with Crippen LogP contribution >= 0.6 is 0 Å². The molecule has 4 heteroatoms. The molecule has 1 aliphatic carbocycles. The van der Waals surface area contributed by atoms with Gasteiger partial charge in [0.1, 0.15) is 5.82 Å². The van der Waals surface area contributed by atoms with Crippen molar-refractivity contribution in [3.05, 3.63) is 35.1 Å². The topological polar surface area (TPSA) is 49.5 Å². The Morgan fingerprint density at radius 3 is 2.75 bits per heavy atom. The number of rotatable bonds is 6. The molecule has 1 unspecified atom stereocenters. The molecule has 1 aromatic carbocycles. The molecule has 3 N–H and O–H groups in total. The van der Waals surface area contributed by atoms with Gasteiger partial charge in [-0.05, 0) is 62.9 Å². The van der Waals surface area contributed by atoms with Crippen LogP contribution in [-0.2, 0) is 0 Å². The SMILES string of the molecule is Cc1ccc(C(N)CCN(C)CC2CC(O)C2)cc1F. The molecule has 20 heavy (non-hydrogen) atoms. The summed E-state index contributed by atoms with van der Waals surface area (Å²) in [4.78, 5) is 2.25. The Morgan fingerprint density at radius 1 is 1.45 bits per heavy atom. The first kappa shape index (κ1) is 15.4. The lowest BCUT2D eigenvalue weighted by molar-refractivity contribution is 0.0280. The lowest BCUT2D eigenvalue weighted by Gasteiger charge is -2.34. The van der Waals surface area contributed by atoms with E-state index in [0.29, 0.717) is 11.5 Å². The molecule has 1 atom stereocenters. The highest BCUT2D eigenvalue weighted by Gasteiger charge is 2.27. The average Bonchev–Trinajstić information content (AvgIpc) is 2.37. The maximum absolute atomic E-state index is 13.5. The van der Waals surface area contributed by atoms with E-state index in [1.165, 1.54) is 0 Å². The molecule has 1 saturated carbocycles. The van der Waals surface area contributed by atoms with E-state index >= 15 is 0 Å². The molecule has 1 fully saturated rings. The number of nitrogens with two attached hydrogens (primary N) is 1. The monoisotopic (exact) mass is 280 g/mol. The van der Waals surface area contributed by atoms with Crippen molar-refractivity contribution in [2.75, 3.05) is 20.1 Å². The second-order valence-electron chi connectivity index (χ2n) is 6.16. The van der Waals surface area contributed by atoms with Gasteiger partial charge >= 0.3 is 0 Å². The van der Waals surface area contributed by atoms with Crippen LogP contribution in [0.25, 0.3) is 0 Å². The van der Waals surface area contributed by atoms with E-state index in [-0.39, 0.29) is 18.0 Å². The maximum atomic E-state index is 13.5. The maximum Gasteiger partial charge on any atom is 0.126 e. The van der Waals surface area contributed by atoms with Crippen LogP contribution in [0.2, 0.25) is 0 Å². The van der Waals surface area contributed by atoms with E-state index in [4.69, 9.17) is 5.73 Å². The summed E-state index contributed by atoms with van der Waals surface area (Å²) in [5.74, 6) is 0.429. The van der Waals surface area contributed by atoms with Crippen LogP contribution in [0.4, 0.5) is 4.39 Å². The Hall–Kier alpha value is -0.970. The number of hydrogen-bond acceptors (Lipinski definition) is 3. The van der Waals surface area contributed by atoms with E-state index < -0.39 is 0 Å². The van der Waals surface area contributed by atoms with Gasteiger partial charge < -0.3 is 15.7 Å². The molecule has 0 bridgehead atoms. The van der Waals surface area contributed by atoms with E-state index in [0.717, 1.165) is 37.9 Å². The summed E-state index contributed by atoms with van der Waals surface area (Å²) in [7, 11) is 2.08. The number of halogens is 1. The number of benzene rings is 1. The van der Waals surface area contributed by atoms with Crippen molar-refractivity contribution in [1.29, 1.82) is 0 Å². The Balaban J connectivity index is 1.76. The molecule has 2 rings (SSSR count). The fourth-order valence-electron chi connectivity index (χ4n) is 2.75. The van der Waals surface area contributed by atoms with Crippen LogP contribution in [0.3, 0.4) is 0 Å². The largest absolute Gasteiger partial charge is 0.393 e. The van der Waals surface area contributed by atoms with E-state index in [2.05, 4.69) is 11.9 Å². The van der Waals surface area contributed by atoms with Crippen LogP contribution in [0.5, 0.6) is 0 Å². The van der Waals surface area contributed by atoms with E-state index in [1.807, 2.05) is 6.07 Å². The number of aliphatic hydroxyl groups excluding tert-OH is 1. The van der Waals surface area contributed by atoms with Crippen molar-refractivity contribution < 1.29 is 9.50 Å². The summed E-state index contributed by atoms with van der Waals surface area (Å²) in [5, 5.41) is 9.27. The first-order chi connectivity index (χ1) is 9.45. The minimum absolute atomic E-state index is 0.0915. The Morgan fingerprint density at radius 2 is 2.15 bits per heavy atom. The summed E-state index contributed by atoms with van der Waals surface area (Å²) in [6, 6.07) is 5.11. The second-order valence-corrected chi connectivity index (χ2v) is 6.16. The number of aliphatic hydroxyl groups is 1. The molecule has 1 aliphatic rings. The molecule has 112 valence electrons. The highest BCUT2D eigenvalue weighted by molar-refractivity contribution is 5.25. The van der Waals surface area contributed by atoms with Gasteiger partial charge in [0, 0.05) is 12.6 Å². The lowest BCUT2D eigenvalue weighted by atomic mass is 9.82.